The van der Waals surface area contributed by atoms with Crippen LogP contribution in [-0.2, 0) is 11.3 Å². The molecule has 0 saturated heterocycles. The Labute approximate surface area is 148 Å². The Bertz CT molecular complexity index is 832. The van der Waals surface area contributed by atoms with Gasteiger partial charge in [-0.1, -0.05) is 0 Å². The largest absolute Gasteiger partial charge is 0.493 e. The summed E-state index contributed by atoms with van der Waals surface area (Å²) >= 11 is 0. The zero-order valence-corrected chi connectivity index (χ0v) is 14.2. The molecule has 2 aromatic rings. The molecule has 1 aromatic heterocycles. The second-order valence-electron chi connectivity index (χ2n) is 5.56. The average Bonchev–Trinajstić information content (AvgIpc) is 3.37. The molecule has 1 fully saturated rings. The highest BCUT2D eigenvalue weighted by Crippen LogP contribution is 2.36. The van der Waals surface area contributed by atoms with Crippen molar-refractivity contribution in [3.63, 3.8) is 0 Å². The first-order valence-corrected chi connectivity index (χ1v) is 7.98. The number of tetrazole rings is 1. The number of aromatic nitrogens is 4. The molecule has 1 aliphatic carbocycles. The fraction of sp³-hybridized carbons (Fsp3) is 0.467. The molecule has 0 spiro atoms. The number of ether oxygens (including phenoxy) is 3. The number of hydrogen-bond donors (Lipinski definition) is 0. The van der Waals surface area contributed by atoms with Gasteiger partial charge in [0.2, 0.25) is 0 Å². The molecule has 0 bridgehead atoms. The SMILES string of the molecule is CCOc1cc([N+](=O)[O-])c(C(=O)OCc2nnnn2C2CC2)cc1OC. The predicted molar refractivity (Wildman–Crippen MR) is 86.0 cm³/mol. The van der Waals surface area contributed by atoms with Gasteiger partial charge in [-0.2, -0.15) is 0 Å². The molecule has 0 atom stereocenters. The fourth-order valence-corrected chi connectivity index (χ4v) is 2.41. The number of hydrogen-bond acceptors (Lipinski definition) is 9. The summed E-state index contributed by atoms with van der Waals surface area (Å²) in [6.07, 6.45) is 1.93. The Kier molecular flexibility index (Phi) is 4.96. The Morgan fingerprint density at radius 3 is 2.77 bits per heavy atom. The lowest BCUT2D eigenvalue weighted by atomic mass is 10.1. The van der Waals surface area contributed by atoms with Gasteiger partial charge in [0.1, 0.15) is 5.56 Å². The normalized spacial score (nSPS) is 13.3. The molecule has 0 aliphatic heterocycles. The number of methoxy groups -OCH3 is 1. The van der Waals surface area contributed by atoms with Crippen LogP contribution in [0.1, 0.15) is 42.0 Å². The van der Waals surface area contributed by atoms with Crippen LogP contribution in [0.3, 0.4) is 0 Å². The van der Waals surface area contributed by atoms with Crippen molar-refractivity contribution < 1.29 is 23.9 Å². The van der Waals surface area contributed by atoms with E-state index in [-0.39, 0.29) is 29.7 Å². The van der Waals surface area contributed by atoms with E-state index in [0.29, 0.717) is 12.4 Å². The molecule has 11 nitrogen and oxygen atoms in total. The summed E-state index contributed by atoms with van der Waals surface area (Å²) in [5.41, 5.74) is -0.665. The minimum absolute atomic E-state index is 0.177. The summed E-state index contributed by atoms with van der Waals surface area (Å²) < 4.78 is 17.2. The first-order valence-electron chi connectivity index (χ1n) is 7.98. The maximum Gasteiger partial charge on any atom is 0.345 e. The standard InChI is InChI=1S/C15H17N5O6/c1-3-25-13-7-11(20(22)23)10(6-12(13)24-2)15(21)26-8-14-16-17-18-19(14)9-4-5-9/h6-7,9H,3-5,8H2,1-2H3. The van der Waals surface area contributed by atoms with Gasteiger partial charge >= 0.3 is 5.97 Å². The number of esters is 1. The van der Waals surface area contributed by atoms with Gasteiger partial charge in [0.25, 0.3) is 5.69 Å². The van der Waals surface area contributed by atoms with Gasteiger partial charge in [-0.25, -0.2) is 9.48 Å². The third-order valence-electron chi connectivity index (χ3n) is 3.78. The molecule has 11 heteroatoms. The van der Waals surface area contributed by atoms with Crippen LogP contribution in [0.4, 0.5) is 5.69 Å². The van der Waals surface area contributed by atoms with Crippen LogP contribution >= 0.6 is 0 Å². The quantitative estimate of drug-likeness (QED) is 0.390. The molecule has 3 rings (SSSR count). The van der Waals surface area contributed by atoms with Crippen LogP contribution < -0.4 is 9.47 Å². The molecule has 0 radical (unpaired) electrons. The summed E-state index contributed by atoms with van der Waals surface area (Å²) in [5.74, 6) is -0.104. The van der Waals surface area contributed by atoms with E-state index in [9.17, 15) is 14.9 Å². The van der Waals surface area contributed by atoms with E-state index in [0.717, 1.165) is 18.9 Å². The van der Waals surface area contributed by atoms with Gasteiger partial charge in [0.05, 0.1) is 30.7 Å². The van der Waals surface area contributed by atoms with Gasteiger partial charge in [0.15, 0.2) is 23.9 Å². The Morgan fingerprint density at radius 1 is 1.38 bits per heavy atom. The number of nitro benzene ring substituents is 1. The van der Waals surface area contributed by atoms with E-state index < -0.39 is 16.6 Å². The van der Waals surface area contributed by atoms with Crippen molar-refractivity contribution in [1.82, 2.24) is 20.2 Å². The smallest absolute Gasteiger partial charge is 0.345 e. The third-order valence-corrected chi connectivity index (χ3v) is 3.78. The molecular weight excluding hydrogens is 346 g/mol. The van der Waals surface area contributed by atoms with Crippen LogP contribution in [-0.4, -0.2) is 44.8 Å². The summed E-state index contributed by atoms with van der Waals surface area (Å²) in [5, 5.41) is 22.6. The fourth-order valence-electron chi connectivity index (χ4n) is 2.41. The molecule has 1 saturated carbocycles. The molecule has 26 heavy (non-hydrogen) atoms. The average molecular weight is 363 g/mol. The van der Waals surface area contributed by atoms with Crippen LogP contribution in [0, 0.1) is 10.1 Å². The minimum atomic E-state index is -0.872. The van der Waals surface area contributed by atoms with Gasteiger partial charge in [-0.15, -0.1) is 5.10 Å². The molecule has 1 heterocycles. The number of benzene rings is 1. The van der Waals surface area contributed by atoms with E-state index in [1.54, 1.807) is 11.6 Å². The predicted octanol–water partition coefficient (Wildman–Crippen LogP) is 1.68. The lowest BCUT2D eigenvalue weighted by molar-refractivity contribution is -0.385. The minimum Gasteiger partial charge on any atom is -0.493 e. The Balaban J connectivity index is 1.82. The second-order valence-corrected chi connectivity index (χ2v) is 5.56. The van der Waals surface area contributed by atoms with Crippen LogP contribution in [0.5, 0.6) is 11.5 Å². The van der Waals surface area contributed by atoms with Crippen molar-refractivity contribution in [2.75, 3.05) is 13.7 Å². The summed E-state index contributed by atoms with van der Waals surface area (Å²) in [6, 6.07) is 2.60. The van der Waals surface area contributed by atoms with Crippen molar-refractivity contribution in [3.8, 4) is 11.5 Å². The highest BCUT2D eigenvalue weighted by atomic mass is 16.6. The van der Waals surface area contributed by atoms with E-state index in [2.05, 4.69) is 15.5 Å². The topological polar surface area (TPSA) is 132 Å². The number of nitro groups is 1. The molecular formula is C15H17N5O6. The van der Waals surface area contributed by atoms with Crippen LogP contribution in [0.25, 0.3) is 0 Å². The van der Waals surface area contributed by atoms with Crippen molar-refractivity contribution in [1.29, 1.82) is 0 Å². The van der Waals surface area contributed by atoms with Crippen molar-refractivity contribution in [2.24, 2.45) is 0 Å². The highest BCUT2D eigenvalue weighted by molar-refractivity contribution is 5.95. The lowest BCUT2D eigenvalue weighted by Crippen LogP contribution is -2.12. The molecule has 138 valence electrons. The van der Waals surface area contributed by atoms with Crippen molar-refractivity contribution in [2.45, 2.75) is 32.4 Å². The van der Waals surface area contributed by atoms with Gasteiger partial charge in [-0.05, 0) is 30.2 Å². The molecule has 1 aliphatic rings. The number of nitrogens with zero attached hydrogens (tertiary/aromatic N) is 5. The highest BCUT2D eigenvalue weighted by Gasteiger charge is 2.29. The van der Waals surface area contributed by atoms with E-state index in [1.807, 2.05) is 0 Å². The molecule has 0 N–H and O–H groups in total. The monoisotopic (exact) mass is 363 g/mol. The summed E-state index contributed by atoms with van der Waals surface area (Å²) in [4.78, 5) is 23.1. The van der Waals surface area contributed by atoms with E-state index in [1.165, 1.54) is 13.2 Å². The van der Waals surface area contributed by atoms with Crippen molar-refractivity contribution in [3.05, 3.63) is 33.6 Å². The zero-order chi connectivity index (χ0) is 18.7. The first kappa shape index (κ1) is 17.6. The molecule has 0 unspecified atom stereocenters. The van der Waals surface area contributed by atoms with Crippen molar-refractivity contribution >= 4 is 11.7 Å². The summed E-state index contributed by atoms with van der Waals surface area (Å²) in [7, 11) is 1.38. The van der Waals surface area contributed by atoms with E-state index >= 15 is 0 Å². The van der Waals surface area contributed by atoms with Gasteiger partial charge in [0, 0.05) is 6.07 Å². The van der Waals surface area contributed by atoms with Crippen LogP contribution in [0.15, 0.2) is 12.1 Å². The Morgan fingerprint density at radius 2 is 2.15 bits per heavy atom. The van der Waals surface area contributed by atoms with Crippen LogP contribution in [0.2, 0.25) is 0 Å². The molecule has 1 aromatic carbocycles. The molecule has 0 amide bonds. The maximum atomic E-state index is 12.4. The lowest BCUT2D eigenvalue weighted by Gasteiger charge is -2.11. The Hall–Kier alpha value is -3.24. The third kappa shape index (κ3) is 3.55. The first-order chi connectivity index (χ1) is 12.5. The summed E-state index contributed by atoms with van der Waals surface area (Å²) in [6.45, 7) is 1.84. The second kappa shape index (κ2) is 7.33. The van der Waals surface area contributed by atoms with Gasteiger partial charge < -0.3 is 14.2 Å². The number of carbonyl (C=O) groups is 1. The van der Waals surface area contributed by atoms with Gasteiger partial charge in [-0.3, -0.25) is 10.1 Å². The maximum absolute atomic E-state index is 12.4. The zero-order valence-electron chi connectivity index (χ0n) is 14.2. The number of carbonyl (C=O) groups excluding carboxylic acids is 1. The number of rotatable bonds is 8. The van der Waals surface area contributed by atoms with E-state index in [4.69, 9.17) is 14.2 Å².